The second-order valence-electron chi connectivity index (χ2n) is 18.2. The first-order valence-electron chi connectivity index (χ1n) is 22.9. The number of nitrogens with one attached hydrogen (secondary N) is 1. The van der Waals surface area contributed by atoms with Gasteiger partial charge in [-0.05, 0) is 115 Å². The molecular weight excluding hydrogens is 791 g/mol. The van der Waals surface area contributed by atoms with E-state index in [0.717, 1.165) is 54.3 Å². The molecule has 1 aromatic heterocycles. The van der Waals surface area contributed by atoms with Gasteiger partial charge in [-0.15, -0.1) is 0 Å². The first-order valence-corrected chi connectivity index (χ1v) is 22.9. The molecule has 63 heavy (non-hydrogen) atoms. The zero-order valence-corrected chi connectivity index (χ0v) is 36.6. The lowest BCUT2D eigenvalue weighted by atomic mass is 9.64. The van der Waals surface area contributed by atoms with Crippen molar-refractivity contribution in [2.24, 2.45) is 5.41 Å². The van der Waals surface area contributed by atoms with Crippen LogP contribution in [-0.4, -0.2) is 71.9 Å². The molecule has 3 fully saturated rings. The molecule has 330 valence electrons. The molecule has 2 aliphatic heterocycles. The molecule has 5 N–H and O–H groups in total. The fourth-order valence-electron chi connectivity index (χ4n) is 10.9. The van der Waals surface area contributed by atoms with Crippen molar-refractivity contribution >= 4 is 17.7 Å². The molecule has 2 aliphatic carbocycles. The van der Waals surface area contributed by atoms with Crippen LogP contribution in [0.1, 0.15) is 104 Å². The van der Waals surface area contributed by atoms with Crippen molar-refractivity contribution in [3.05, 3.63) is 125 Å². The summed E-state index contributed by atoms with van der Waals surface area (Å²) in [5.41, 5.74) is 7.61. The molecule has 2 saturated carbocycles. The van der Waals surface area contributed by atoms with Crippen molar-refractivity contribution in [2.45, 2.75) is 95.2 Å². The van der Waals surface area contributed by atoms with E-state index in [1.54, 1.807) is 30.3 Å². The molecule has 3 atom stereocenters. The maximum Gasteiger partial charge on any atom is 0.335 e. The van der Waals surface area contributed by atoms with Crippen LogP contribution in [0.25, 0.3) is 17.2 Å². The van der Waals surface area contributed by atoms with E-state index in [-0.39, 0.29) is 53.6 Å². The van der Waals surface area contributed by atoms with Gasteiger partial charge in [-0.1, -0.05) is 123 Å². The molecule has 5 aromatic rings. The monoisotopic (exact) mass is 851 g/mol. The van der Waals surface area contributed by atoms with Gasteiger partial charge in [-0.25, -0.2) is 0 Å². The first-order chi connectivity index (χ1) is 30.7. The summed E-state index contributed by atoms with van der Waals surface area (Å²) in [6.07, 6.45) is 12.5. The number of aliphatic hydroxyl groups is 1. The van der Waals surface area contributed by atoms with Gasteiger partial charge < -0.3 is 44.7 Å². The zero-order valence-electron chi connectivity index (χ0n) is 36.6. The Morgan fingerprint density at radius 1 is 0.921 bits per heavy atom. The average molecular weight is 852 g/mol. The number of ether oxygens (including phenoxy) is 3. The third kappa shape index (κ3) is 8.43. The van der Waals surface area contributed by atoms with Crippen LogP contribution in [0.5, 0.6) is 28.7 Å². The van der Waals surface area contributed by atoms with E-state index in [9.17, 15) is 20.1 Å². The maximum atomic E-state index is 12.0. The summed E-state index contributed by atoms with van der Waals surface area (Å²) in [5, 5.41) is 36.4. The predicted molar refractivity (Wildman–Crippen MR) is 248 cm³/mol. The summed E-state index contributed by atoms with van der Waals surface area (Å²) in [6, 6.07) is 27.6. The number of piperazine rings is 1. The molecule has 4 aromatic carbocycles. The molecular formula is C53H61N3O7. The molecule has 3 unspecified atom stereocenters. The van der Waals surface area contributed by atoms with E-state index in [0.29, 0.717) is 35.1 Å². The highest BCUT2D eigenvalue weighted by Gasteiger charge is 2.53. The number of fused-ring (bicyclic) bond motifs is 1. The molecule has 10 nitrogen and oxygen atoms in total. The minimum absolute atomic E-state index is 0.0330. The molecule has 10 heteroatoms. The highest BCUT2D eigenvalue weighted by atomic mass is 16.5. The Morgan fingerprint density at radius 3 is 2.44 bits per heavy atom. The molecule has 0 radical (unpaired) electrons. The second kappa shape index (κ2) is 18.2. The minimum atomic E-state index is -0.790. The highest BCUT2D eigenvalue weighted by molar-refractivity contribution is 6.05. The summed E-state index contributed by atoms with van der Waals surface area (Å²) in [6.45, 7) is 6.26. The highest BCUT2D eigenvalue weighted by Crippen LogP contribution is 2.62. The van der Waals surface area contributed by atoms with Gasteiger partial charge in [0.2, 0.25) is 5.75 Å². The number of carbonyl (C=O) groups excluding carboxylic acids is 1. The maximum absolute atomic E-state index is 12.0. The quantitative estimate of drug-likeness (QED) is 0.0806. The van der Waals surface area contributed by atoms with Gasteiger partial charge in [0.15, 0.2) is 17.1 Å². The number of phenols is 2. The minimum Gasteiger partial charge on any atom is -0.508 e. The SMILES string of the molecule is COc1c(O)c(CCc2cccc(-c3cc(C4(C)CCCC45CCCC5)[n-]c3N3CCNCC3)c2)c2c(c1OCCC(O)C=Cc1ccccc1)C(=[OH+])CC(c1ccc(O)cc1)O2. The molecule has 1 saturated heterocycles. The van der Waals surface area contributed by atoms with Crippen molar-refractivity contribution in [3.8, 4) is 39.9 Å². The lowest BCUT2D eigenvalue weighted by Gasteiger charge is -2.43. The van der Waals surface area contributed by atoms with Gasteiger partial charge in [0, 0.05) is 12.0 Å². The third-order valence-corrected chi connectivity index (χ3v) is 14.5. The van der Waals surface area contributed by atoms with Crippen LogP contribution >= 0.6 is 0 Å². The number of aryl methyl sites for hydroxylation is 1. The van der Waals surface area contributed by atoms with E-state index in [1.165, 1.54) is 63.3 Å². The fraction of sp³-hybridized carbons (Fsp3) is 0.415. The molecule has 3 heterocycles. The Bertz CT molecular complexity index is 2430. The van der Waals surface area contributed by atoms with Crippen LogP contribution in [0.2, 0.25) is 0 Å². The zero-order chi connectivity index (χ0) is 43.6. The lowest BCUT2D eigenvalue weighted by Crippen LogP contribution is -2.44. The number of hydrogen-bond donors (Lipinski definition) is 4. The van der Waals surface area contributed by atoms with Crippen molar-refractivity contribution in [2.75, 3.05) is 44.8 Å². The standard InChI is InChI=1S/C53H60N3O7/c1-52(23-9-26-53(52)24-6-7-25-53)45-33-42(51(55-45)56-29-27-54-28-30-56)38-13-8-12-36(32-38)15-21-41-47(60)50(61-2)49(62-31-22-40(58)18-14-35-10-4-3-5-11-35)46-43(59)34-44(63-48(41)46)37-16-19-39(57)20-17-37/h3-5,8,10-14,16-20,32-33,40,44,54,57-58H,6-7,9,15,21-31,34H2,1-2H3,(H,59,60)/q-1/p+1. The van der Waals surface area contributed by atoms with Crippen molar-refractivity contribution in [1.29, 1.82) is 0 Å². The largest absolute Gasteiger partial charge is 0.508 e. The van der Waals surface area contributed by atoms with Crippen LogP contribution in [-0.2, 0) is 18.3 Å². The summed E-state index contributed by atoms with van der Waals surface area (Å²) >= 11 is 0. The van der Waals surface area contributed by atoms with E-state index in [2.05, 4.69) is 47.5 Å². The number of benzene rings is 4. The number of methoxy groups -OCH3 is 1. The molecule has 1 spiro atoms. The van der Waals surface area contributed by atoms with Crippen LogP contribution in [0, 0.1) is 5.41 Å². The van der Waals surface area contributed by atoms with Crippen molar-refractivity contribution in [1.82, 2.24) is 10.3 Å². The van der Waals surface area contributed by atoms with Gasteiger partial charge in [0.25, 0.3) is 0 Å². The van der Waals surface area contributed by atoms with E-state index >= 15 is 0 Å². The van der Waals surface area contributed by atoms with Gasteiger partial charge in [0.05, 0.1) is 19.8 Å². The molecule has 0 amide bonds. The summed E-state index contributed by atoms with van der Waals surface area (Å²) in [4.78, 5) is 19.8. The van der Waals surface area contributed by atoms with E-state index in [1.807, 2.05) is 36.4 Å². The Morgan fingerprint density at radius 2 is 1.68 bits per heavy atom. The predicted octanol–water partition coefficient (Wildman–Crippen LogP) is 9.19. The fourth-order valence-corrected chi connectivity index (χ4v) is 10.9. The van der Waals surface area contributed by atoms with Gasteiger partial charge >= 0.3 is 5.78 Å². The van der Waals surface area contributed by atoms with E-state index in [4.69, 9.17) is 19.2 Å². The molecule has 4 aliphatic rings. The summed E-state index contributed by atoms with van der Waals surface area (Å²) in [7, 11) is 1.47. The number of ketones is 1. The van der Waals surface area contributed by atoms with Crippen LogP contribution in [0.3, 0.4) is 0 Å². The van der Waals surface area contributed by atoms with Crippen molar-refractivity contribution in [3.63, 3.8) is 0 Å². The van der Waals surface area contributed by atoms with Gasteiger partial charge in [-0.2, -0.15) is 0 Å². The number of aromatic hydroxyl groups is 2. The number of aromatic nitrogens is 1. The third-order valence-electron chi connectivity index (χ3n) is 14.5. The summed E-state index contributed by atoms with van der Waals surface area (Å²) in [5.74, 6) is 1.70. The van der Waals surface area contributed by atoms with Crippen LogP contribution in [0.4, 0.5) is 5.82 Å². The molecule has 9 rings (SSSR count). The Kier molecular flexibility index (Phi) is 12.3. The normalized spacial score (nSPS) is 21.2. The Labute approximate surface area is 370 Å². The lowest BCUT2D eigenvalue weighted by molar-refractivity contribution is 0.172. The van der Waals surface area contributed by atoms with E-state index < -0.39 is 12.2 Å². The first kappa shape index (κ1) is 42.6. The summed E-state index contributed by atoms with van der Waals surface area (Å²) < 4.78 is 18.8. The Balaban J connectivity index is 1.02. The second-order valence-corrected chi connectivity index (χ2v) is 18.2. The number of phenolic OH excluding ortho intramolecular Hbond substituents is 2. The smallest absolute Gasteiger partial charge is 0.335 e. The number of aliphatic hydroxyl groups excluding tert-OH is 1. The van der Waals surface area contributed by atoms with Crippen molar-refractivity contribution < 1.29 is 34.3 Å². The molecule has 0 bridgehead atoms. The van der Waals surface area contributed by atoms with Crippen LogP contribution < -0.4 is 29.4 Å². The number of hydrogen-bond acceptors (Lipinski definition) is 8. The number of anilines is 1. The van der Waals surface area contributed by atoms with Gasteiger partial charge in [-0.3, -0.25) is 4.79 Å². The Hall–Kier alpha value is -5.71. The van der Waals surface area contributed by atoms with Gasteiger partial charge in [0.1, 0.15) is 24.0 Å². The number of rotatable bonds is 14. The van der Waals surface area contributed by atoms with Crippen LogP contribution in [0.15, 0.2) is 91.0 Å². The number of nitrogens with zero attached hydrogens (tertiary/aromatic N) is 2. The average Bonchev–Trinajstić information content (AvgIpc) is 4.06. The topological polar surface area (TPSA) is 139 Å².